The van der Waals surface area contributed by atoms with Gasteiger partial charge in [0.05, 0.1) is 12.4 Å². The molecule has 2 heterocycles. The van der Waals surface area contributed by atoms with Crippen molar-refractivity contribution in [3.63, 3.8) is 0 Å². The van der Waals surface area contributed by atoms with Crippen LogP contribution >= 0.6 is 0 Å². The quantitative estimate of drug-likeness (QED) is 0.813. The summed E-state index contributed by atoms with van der Waals surface area (Å²) in [6, 6.07) is 9.09. The first-order chi connectivity index (χ1) is 11.0. The number of amides is 1. The highest BCUT2D eigenvalue weighted by atomic mass is 32.2. The summed E-state index contributed by atoms with van der Waals surface area (Å²) in [7, 11) is -1.88. The molecule has 0 aliphatic carbocycles. The normalized spacial score (nSPS) is 15.3. The van der Waals surface area contributed by atoms with Gasteiger partial charge in [0.1, 0.15) is 11.4 Å². The summed E-state index contributed by atoms with van der Waals surface area (Å²) in [5.74, 6) is -0.375. The molecule has 0 radical (unpaired) electrons. The topological polar surface area (TPSA) is 90.3 Å². The van der Waals surface area contributed by atoms with Crippen molar-refractivity contribution in [3.8, 4) is 11.3 Å². The molecule has 0 fully saturated rings. The number of hydrogen-bond acceptors (Lipinski definition) is 5. The molecule has 0 saturated heterocycles. The predicted molar refractivity (Wildman–Crippen MR) is 83.9 cm³/mol. The van der Waals surface area contributed by atoms with E-state index < -0.39 is 9.84 Å². The molecule has 0 atom stereocenters. The molecule has 1 aromatic heterocycles. The Balaban J connectivity index is 2.08. The molecule has 3 rings (SSSR count). The number of nitrogens with one attached hydrogen (secondary N) is 1. The van der Waals surface area contributed by atoms with Crippen molar-refractivity contribution in [2.24, 2.45) is 0 Å². The number of carbonyl (C=O) groups excluding carboxylic acids is 1. The van der Waals surface area contributed by atoms with E-state index in [9.17, 15) is 13.2 Å². The summed E-state index contributed by atoms with van der Waals surface area (Å²) in [5, 5.41) is 2.70. The van der Waals surface area contributed by atoms with Crippen LogP contribution in [0, 0.1) is 0 Å². The zero-order chi connectivity index (χ0) is 16.4. The lowest BCUT2D eigenvalue weighted by atomic mass is 10.1. The van der Waals surface area contributed by atoms with Crippen LogP contribution in [-0.2, 0) is 21.1 Å². The Morgan fingerprint density at radius 2 is 2.09 bits per heavy atom. The van der Waals surface area contributed by atoms with E-state index in [0.29, 0.717) is 24.4 Å². The Labute approximate surface area is 134 Å². The summed E-state index contributed by atoms with van der Waals surface area (Å²) in [6.07, 6.45) is 0. The van der Waals surface area contributed by atoms with Gasteiger partial charge in [-0.25, -0.2) is 13.4 Å². The third-order valence-corrected chi connectivity index (χ3v) is 5.24. The Bertz CT molecular complexity index is 828. The zero-order valence-corrected chi connectivity index (χ0v) is 13.5. The Morgan fingerprint density at radius 3 is 2.78 bits per heavy atom. The first kappa shape index (κ1) is 15.7. The molecule has 1 aromatic carbocycles. The Hall–Kier alpha value is -2.19. The minimum atomic E-state index is -3.43. The van der Waals surface area contributed by atoms with Gasteiger partial charge in [0.15, 0.2) is 0 Å². The van der Waals surface area contributed by atoms with Crippen LogP contribution in [0.3, 0.4) is 0 Å². The Morgan fingerprint density at radius 1 is 1.35 bits per heavy atom. The van der Waals surface area contributed by atoms with E-state index in [1.807, 2.05) is 18.2 Å². The fraction of sp³-hybridized carbons (Fsp3) is 0.333. The van der Waals surface area contributed by atoms with E-state index in [2.05, 4.69) is 10.3 Å². The molecule has 0 saturated carbocycles. The number of ether oxygens (including phenoxy) is 1. The zero-order valence-electron chi connectivity index (χ0n) is 12.7. The number of hydrogen-bond donors (Lipinski definition) is 1. The van der Waals surface area contributed by atoms with Gasteiger partial charge in [-0.15, -0.1) is 0 Å². The van der Waals surface area contributed by atoms with Crippen LogP contribution in [0.25, 0.3) is 11.3 Å². The molecule has 0 unspecified atom stereocenters. The van der Waals surface area contributed by atoms with Crippen molar-refractivity contribution >= 4 is 15.7 Å². The van der Waals surface area contributed by atoms with Crippen LogP contribution in [0.15, 0.2) is 35.5 Å². The van der Waals surface area contributed by atoms with Gasteiger partial charge in [-0.2, -0.15) is 0 Å². The second-order valence-corrected chi connectivity index (χ2v) is 7.18. The van der Waals surface area contributed by atoms with Crippen molar-refractivity contribution in [1.29, 1.82) is 0 Å². The summed E-state index contributed by atoms with van der Waals surface area (Å²) in [5.41, 5.74) is 1.38. The molecule has 23 heavy (non-hydrogen) atoms. The SMILES string of the molecule is COCCNC(=O)c1c(-c2ccccc2)nc2n1CCS2(=O)=O. The van der Waals surface area contributed by atoms with Crippen LogP contribution in [0.4, 0.5) is 0 Å². The van der Waals surface area contributed by atoms with Gasteiger partial charge in [-0.05, 0) is 0 Å². The highest BCUT2D eigenvalue weighted by Crippen LogP contribution is 2.30. The molecule has 8 heteroatoms. The predicted octanol–water partition coefficient (Wildman–Crippen LogP) is 0.714. The molecule has 0 spiro atoms. The summed E-state index contributed by atoms with van der Waals surface area (Å²) < 4.78 is 30.6. The lowest BCUT2D eigenvalue weighted by Crippen LogP contribution is -2.29. The number of sulfone groups is 1. The molecule has 0 bridgehead atoms. The third-order valence-electron chi connectivity index (χ3n) is 3.65. The van der Waals surface area contributed by atoms with Gasteiger partial charge >= 0.3 is 0 Å². The highest BCUT2D eigenvalue weighted by molar-refractivity contribution is 7.91. The molecule has 1 aliphatic heterocycles. The molecule has 1 aliphatic rings. The standard InChI is InChI=1S/C15H17N3O4S/c1-22-9-7-16-14(19)13-12(11-5-3-2-4-6-11)17-15-18(13)8-10-23(15,20)21/h2-6H,7-10H2,1H3,(H,16,19). The van der Waals surface area contributed by atoms with Crippen molar-refractivity contribution in [2.45, 2.75) is 11.7 Å². The van der Waals surface area contributed by atoms with Gasteiger partial charge in [-0.1, -0.05) is 30.3 Å². The molecule has 7 nitrogen and oxygen atoms in total. The molecular weight excluding hydrogens is 318 g/mol. The lowest BCUT2D eigenvalue weighted by molar-refractivity contribution is 0.0928. The lowest BCUT2D eigenvalue weighted by Gasteiger charge is -2.08. The number of imidazole rings is 1. The van der Waals surface area contributed by atoms with Gasteiger partial charge in [-0.3, -0.25) is 4.79 Å². The van der Waals surface area contributed by atoms with Crippen LogP contribution in [0.1, 0.15) is 10.5 Å². The van der Waals surface area contributed by atoms with E-state index in [-0.39, 0.29) is 29.1 Å². The third kappa shape index (κ3) is 2.87. The number of nitrogens with zero attached hydrogens (tertiary/aromatic N) is 2. The van der Waals surface area contributed by atoms with Gasteiger partial charge < -0.3 is 14.6 Å². The van der Waals surface area contributed by atoms with Crippen LogP contribution < -0.4 is 5.32 Å². The molecular formula is C15H17N3O4S. The van der Waals surface area contributed by atoms with Crippen LogP contribution in [-0.4, -0.2) is 49.9 Å². The average molecular weight is 335 g/mol. The first-order valence-electron chi connectivity index (χ1n) is 7.20. The van der Waals surface area contributed by atoms with Crippen molar-refractivity contribution in [3.05, 3.63) is 36.0 Å². The van der Waals surface area contributed by atoms with Crippen LogP contribution in [0.5, 0.6) is 0 Å². The summed E-state index contributed by atoms with van der Waals surface area (Å²) in [6.45, 7) is 0.965. The molecule has 2 aromatic rings. The summed E-state index contributed by atoms with van der Waals surface area (Å²) >= 11 is 0. The molecule has 122 valence electrons. The fourth-order valence-electron chi connectivity index (χ4n) is 2.56. The maximum absolute atomic E-state index is 12.5. The van der Waals surface area contributed by atoms with Crippen molar-refractivity contribution < 1.29 is 17.9 Å². The van der Waals surface area contributed by atoms with E-state index in [0.717, 1.165) is 0 Å². The number of carbonyl (C=O) groups is 1. The number of rotatable bonds is 5. The van der Waals surface area contributed by atoms with E-state index in [1.165, 1.54) is 4.57 Å². The monoisotopic (exact) mass is 335 g/mol. The number of benzene rings is 1. The summed E-state index contributed by atoms with van der Waals surface area (Å²) in [4.78, 5) is 16.8. The van der Waals surface area contributed by atoms with Gasteiger partial charge in [0, 0.05) is 25.8 Å². The van der Waals surface area contributed by atoms with Crippen molar-refractivity contribution in [2.75, 3.05) is 26.0 Å². The average Bonchev–Trinajstić information content (AvgIpc) is 3.06. The maximum Gasteiger partial charge on any atom is 0.270 e. The van der Waals surface area contributed by atoms with E-state index >= 15 is 0 Å². The first-order valence-corrected chi connectivity index (χ1v) is 8.85. The van der Waals surface area contributed by atoms with E-state index in [4.69, 9.17) is 4.74 Å². The van der Waals surface area contributed by atoms with Gasteiger partial charge in [0.25, 0.3) is 5.91 Å². The van der Waals surface area contributed by atoms with Crippen LogP contribution in [0.2, 0.25) is 0 Å². The second kappa shape index (κ2) is 6.13. The minimum Gasteiger partial charge on any atom is -0.383 e. The molecule has 1 amide bonds. The largest absolute Gasteiger partial charge is 0.383 e. The molecule has 1 N–H and O–H groups in total. The number of fused-ring (bicyclic) bond motifs is 1. The van der Waals surface area contributed by atoms with Crippen molar-refractivity contribution in [1.82, 2.24) is 14.9 Å². The Kier molecular flexibility index (Phi) is 4.18. The minimum absolute atomic E-state index is 0.0250. The van der Waals surface area contributed by atoms with Gasteiger partial charge in [0.2, 0.25) is 15.0 Å². The van der Waals surface area contributed by atoms with E-state index in [1.54, 1.807) is 19.2 Å². The number of aromatic nitrogens is 2. The fourth-order valence-corrected chi connectivity index (χ4v) is 3.91. The number of methoxy groups -OCH3 is 1. The maximum atomic E-state index is 12.5. The second-order valence-electron chi connectivity index (χ2n) is 5.18. The smallest absolute Gasteiger partial charge is 0.270 e. The highest BCUT2D eigenvalue weighted by Gasteiger charge is 2.35.